The summed E-state index contributed by atoms with van der Waals surface area (Å²) in [6.07, 6.45) is 8.26. The average molecular weight is 234 g/mol. The second-order valence-electron chi connectivity index (χ2n) is 6.57. The molecule has 0 aliphatic heterocycles. The molecule has 1 fully saturated rings. The van der Waals surface area contributed by atoms with E-state index >= 15 is 0 Å². The van der Waals surface area contributed by atoms with E-state index in [1.54, 1.807) is 0 Å². The molecular weight excluding hydrogens is 212 g/mol. The zero-order valence-corrected chi connectivity index (χ0v) is 11.0. The molecule has 0 spiro atoms. The number of hydrogen-bond acceptors (Lipinski definition) is 2. The van der Waals surface area contributed by atoms with Crippen molar-refractivity contribution in [2.24, 2.45) is 22.7 Å². The fraction of sp³-hybridized carbons (Fsp3) is 0.733. The summed E-state index contributed by atoms with van der Waals surface area (Å²) in [5.41, 5.74) is 0.963. The molecule has 2 heteroatoms. The van der Waals surface area contributed by atoms with Crippen molar-refractivity contribution >= 4 is 12.6 Å². The Kier molecular flexibility index (Phi) is 3.01. The van der Waals surface area contributed by atoms with Gasteiger partial charge >= 0.3 is 0 Å². The predicted octanol–water partition coefficient (Wildman–Crippen LogP) is 3.16. The fourth-order valence-electron chi connectivity index (χ4n) is 4.24. The molecule has 0 heterocycles. The largest absolute Gasteiger partial charge is 0.303 e. The normalized spacial score (nSPS) is 40.1. The Hall–Kier alpha value is -0.920. The Morgan fingerprint density at radius 2 is 1.94 bits per heavy atom. The van der Waals surface area contributed by atoms with Crippen LogP contribution in [0.1, 0.15) is 46.5 Å². The Bertz CT molecular complexity index is 367. The lowest BCUT2D eigenvalue weighted by molar-refractivity contribution is -0.122. The van der Waals surface area contributed by atoms with Gasteiger partial charge < -0.3 is 4.79 Å². The third-order valence-corrected chi connectivity index (χ3v) is 5.21. The lowest BCUT2D eigenvalue weighted by atomic mass is 9.49. The molecule has 2 rings (SSSR count). The van der Waals surface area contributed by atoms with Crippen LogP contribution in [-0.2, 0) is 9.59 Å². The maximum atomic E-state index is 11.4. The minimum absolute atomic E-state index is 0.0194. The van der Waals surface area contributed by atoms with Gasteiger partial charge in [0.2, 0.25) is 0 Å². The Balaban J connectivity index is 2.45. The van der Waals surface area contributed by atoms with E-state index in [1.165, 1.54) is 6.42 Å². The van der Waals surface area contributed by atoms with Crippen LogP contribution in [-0.4, -0.2) is 12.6 Å². The maximum absolute atomic E-state index is 11.4. The van der Waals surface area contributed by atoms with Gasteiger partial charge in [-0.3, -0.25) is 4.79 Å². The standard InChI is InChI=1S/C15H22O2/c1-14(2)7-4-8-15(3)12(10-17)11(9-16)5-6-13(14)15/h5,9-10,12-13H,4,6-8H2,1-3H3/t12-,13-,15+/m1/s1. The summed E-state index contributed by atoms with van der Waals surface area (Å²) in [5.74, 6) is 0.320. The smallest absolute Gasteiger partial charge is 0.146 e. The molecule has 2 nitrogen and oxygen atoms in total. The average Bonchev–Trinajstić information content (AvgIpc) is 2.26. The first-order valence-electron chi connectivity index (χ1n) is 6.56. The summed E-state index contributed by atoms with van der Waals surface area (Å²) in [6.45, 7) is 6.81. The monoisotopic (exact) mass is 234 g/mol. The van der Waals surface area contributed by atoms with E-state index in [0.717, 1.165) is 31.8 Å². The summed E-state index contributed by atoms with van der Waals surface area (Å²) in [5, 5.41) is 0. The van der Waals surface area contributed by atoms with Gasteiger partial charge in [0.25, 0.3) is 0 Å². The van der Waals surface area contributed by atoms with E-state index < -0.39 is 0 Å². The van der Waals surface area contributed by atoms with Crippen LogP contribution in [0.25, 0.3) is 0 Å². The van der Waals surface area contributed by atoms with Crippen LogP contribution in [0.4, 0.5) is 0 Å². The van der Waals surface area contributed by atoms with Crippen molar-refractivity contribution in [2.75, 3.05) is 0 Å². The molecule has 1 saturated carbocycles. The summed E-state index contributed by atoms with van der Waals surface area (Å²) in [4.78, 5) is 22.5. The highest BCUT2D eigenvalue weighted by molar-refractivity contribution is 5.82. The second-order valence-corrected chi connectivity index (χ2v) is 6.57. The van der Waals surface area contributed by atoms with Crippen molar-refractivity contribution in [3.63, 3.8) is 0 Å². The van der Waals surface area contributed by atoms with E-state index in [-0.39, 0.29) is 16.7 Å². The van der Waals surface area contributed by atoms with Crippen LogP contribution < -0.4 is 0 Å². The minimum Gasteiger partial charge on any atom is -0.303 e. The van der Waals surface area contributed by atoms with Crippen molar-refractivity contribution in [1.82, 2.24) is 0 Å². The Morgan fingerprint density at radius 1 is 1.24 bits per heavy atom. The molecule has 0 saturated heterocycles. The van der Waals surface area contributed by atoms with E-state index in [0.29, 0.717) is 11.5 Å². The van der Waals surface area contributed by atoms with E-state index in [9.17, 15) is 9.59 Å². The lowest BCUT2D eigenvalue weighted by Crippen LogP contribution is -2.49. The summed E-state index contributed by atoms with van der Waals surface area (Å²) in [6, 6.07) is 0. The first-order valence-corrected chi connectivity index (χ1v) is 6.56. The van der Waals surface area contributed by atoms with Crippen molar-refractivity contribution in [1.29, 1.82) is 0 Å². The number of rotatable bonds is 2. The van der Waals surface area contributed by atoms with E-state index in [2.05, 4.69) is 20.8 Å². The fourth-order valence-corrected chi connectivity index (χ4v) is 4.24. The Labute approximate surface area is 103 Å². The van der Waals surface area contributed by atoms with E-state index in [4.69, 9.17) is 0 Å². The van der Waals surface area contributed by atoms with Crippen molar-refractivity contribution in [3.05, 3.63) is 11.6 Å². The van der Waals surface area contributed by atoms with Gasteiger partial charge in [-0.1, -0.05) is 33.3 Å². The van der Waals surface area contributed by atoms with Gasteiger partial charge in [0.15, 0.2) is 0 Å². The first kappa shape index (κ1) is 12.5. The number of carbonyl (C=O) groups is 2. The molecule has 0 bridgehead atoms. The van der Waals surface area contributed by atoms with Gasteiger partial charge in [-0.05, 0) is 41.6 Å². The van der Waals surface area contributed by atoms with Gasteiger partial charge in [-0.25, -0.2) is 0 Å². The number of hydrogen-bond donors (Lipinski definition) is 0. The number of allylic oxidation sites excluding steroid dienone is 2. The van der Waals surface area contributed by atoms with Gasteiger partial charge in [0, 0.05) is 5.92 Å². The molecule has 0 aromatic carbocycles. The van der Waals surface area contributed by atoms with Crippen molar-refractivity contribution < 1.29 is 9.59 Å². The topological polar surface area (TPSA) is 34.1 Å². The quantitative estimate of drug-likeness (QED) is 0.688. The lowest BCUT2D eigenvalue weighted by Gasteiger charge is -2.55. The van der Waals surface area contributed by atoms with Gasteiger partial charge in [0.05, 0.1) is 0 Å². The Morgan fingerprint density at radius 3 is 2.53 bits per heavy atom. The zero-order valence-electron chi connectivity index (χ0n) is 11.0. The SMILES string of the molecule is CC1(C)CCC[C@@]2(C)[C@H](C=O)C(C=O)=CC[C@H]12. The third-order valence-electron chi connectivity index (χ3n) is 5.21. The summed E-state index contributed by atoms with van der Waals surface area (Å²) in [7, 11) is 0. The molecule has 0 amide bonds. The molecule has 2 aliphatic carbocycles. The molecule has 2 aliphatic rings. The summed E-state index contributed by atoms with van der Waals surface area (Å²) >= 11 is 0. The maximum Gasteiger partial charge on any atom is 0.146 e. The molecule has 0 radical (unpaired) electrons. The van der Waals surface area contributed by atoms with Crippen LogP contribution >= 0.6 is 0 Å². The molecule has 0 aromatic heterocycles. The highest BCUT2D eigenvalue weighted by Gasteiger charge is 2.52. The predicted molar refractivity (Wildman–Crippen MR) is 67.5 cm³/mol. The summed E-state index contributed by atoms with van der Waals surface area (Å²) < 4.78 is 0. The van der Waals surface area contributed by atoms with Crippen LogP contribution in [0.3, 0.4) is 0 Å². The molecule has 3 atom stereocenters. The number of aldehydes is 2. The van der Waals surface area contributed by atoms with E-state index in [1.807, 2.05) is 6.08 Å². The van der Waals surface area contributed by atoms with Gasteiger partial charge in [-0.2, -0.15) is 0 Å². The van der Waals surface area contributed by atoms with Crippen LogP contribution in [0.2, 0.25) is 0 Å². The highest BCUT2D eigenvalue weighted by Crippen LogP contribution is 2.58. The minimum atomic E-state index is -0.196. The molecule has 0 aromatic rings. The molecule has 94 valence electrons. The van der Waals surface area contributed by atoms with Crippen molar-refractivity contribution in [3.8, 4) is 0 Å². The van der Waals surface area contributed by atoms with Gasteiger partial charge in [0.1, 0.15) is 12.6 Å². The molecule has 17 heavy (non-hydrogen) atoms. The molecule has 0 N–H and O–H groups in total. The van der Waals surface area contributed by atoms with Gasteiger partial charge in [-0.15, -0.1) is 0 Å². The number of fused-ring (bicyclic) bond motifs is 1. The van der Waals surface area contributed by atoms with Crippen LogP contribution in [0, 0.1) is 22.7 Å². The van der Waals surface area contributed by atoms with Crippen LogP contribution in [0.5, 0.6) is 0 Å². The third kappa shape index (κ3) is 1.78. The second kappa shape index (κ2) is 4.08. The number of carbonyl (C=O) groups excluding carboxylic acids is 2. The van der Waals surface area contributed by atoms with Crippen molar-refractivity contribution in [2.45, 2.75) is 46.5 Å². The molecular formula is C15H22O2. The first-order chi connectivity index (χ1) is 7.95. The van der Waals surface area contributed by atoms with Crippen LogP contribution in [0.15, 0.2) is 11.6 Å². The zero-order chi connectivity index (χ0) is 12.7. The molecule has 0 unspecified atom stereocenters. The highest BCUT2D eigenvalue weighted by atomic mass is 16.1.